The summed E-state index contributed by atoms with van der Waals surface area (Å²) in [5.74, 6) is 0.736. The van der Waals surface area contributed by atoms with Gasteiger partial charge in [0.1, 0.15) is 0 Å². The zero-order valence-corrected chi connectivity index (χ0v) is 11.1. The number of carbonyl (C=O) groups excluding carboxylic acids is 1. The number of nitrogens with zero attached hydrogens (tertiary/aromatic N) is 3. The third-order valence-corrected chi connectivity index (χ3v) is 3.71. The zero-order valence-electron chi connectivity index (χ0n) is 10.3. The van der Waals surface area contributed by atoms with Crippen LogP contribution < -0.4 is 5.32 Å². The van der Waals surface area contributed by atoms with Crippen molar-refractivity contribution in [1.82, 2.24) is 15.1 Å². The van der Waals surface area contributed by atoms with Crippen LogP contribution in [0.3, 0.4) is 0 Å². The number of carbonyl (C=O) groups is 1. The van der Waals surface area contributed by atoms with Crippen LogP contribution in [0, 0.1) is 5.92 Å². The van der Waals surface area contributed by atoms with Crippen molar-refractivity contribution in [2.24, 2.45) is 5.92 Å². The van der Waals surface area contributed by atoms with Crippen molar-refractivity contribution in [1.29, 1.82) is 0 Å². The van der Waals surface area contributed by atoms with Gasteiger partial charge in [0.05, 0.1) is 0 Å². The molecule has 2 rings (SSSR count). The molecular weight excluding hydrogens is 236 g/mol. The first-order chi connectivity index (χ1) is 8.24. The average Bonchev–Trinajstić information content (AvgIpc) is 3.02. The first kappa shape index (κ1) is 12.3. The van der Waals surface area contributed by atoms with Gasteiger partial charge in [0.2, 0.25) is 10.1 Å². The van der Waals surface area contributed by atoms with Gasteiger partial charge in [0, 0.05) is 20.1 Å². The third-order valence-electron chi connectivity index (χ3n) is 2.78. The zero-order chi connectivity index (χ0) is 12.3. The maximum absolute atomic E-state index is 12.2. The summed E-state index contributed by atoms with van der Waals surface area (Å²) in [5, 5.41) is 11.9. The molecule has 0 radical (unpaired) electrons. The molecule has 1 amide bonds. The number of hydrogen-bond acceptors (Lipinski definition) is 5. The van der Waals surface area contributed by atoms with Crippen LogP contribution >= 0.6 is 11.3 Å². The molecule has 0 unspecified atom stereocenters. The summed E-state index contributed by atoms with van der Waals surface area (Å²) in [6, 6.07) is 0. The van der Waals surface area contributed by atoms with Crippen molar-refractivity contribution in [2.75, 3.05) is 25.5 Å². The number of anilines is 1. The summed E-state index contributed by atoms with van der Waals surface area (Å²) in [5.41, 5.74) is 0. The Morgan fingerprint density at radius 3 is 2.82 bits per heavy atom. The molecule has 0 saturated heterocycles. The van der Waals surface area contributed by atoms with Gasteiger partial charge in [-0.3, -0.25) is 4.79 Å². The lowest BCUT2D eigenvalue weighted by Crippen LogP contribution is -2.33. The molecule has 1 aliphatic rings. The predicted molar refractivity (Wildman–Crippen MR) is 68.4 cm³/mol. The topological polar surface area (TPSA) is 58.1 Å². The molecule has 17 heavy (non-hydrogen) atoms. The third kappa shape index (κ3) is 3.15. The molecule has 5 nitrogen and oxygen atoms in total. The first-order valence-corrected chi connectivity index (χ1v) is 6.86. The fourth-order valence-electron chi connectivity index (χ4n) is 1.70. The van der Waals surface area contributed by atoms with E-state index in [-0.39, 0.29) is 5.91 Å². The molecule has 0 aliphatic heterocycles. The second kappa shape index (κ2) is 5.44. The minimum absolute atomic E-state index is 0.0257. The van der Waals surface area contributed by atoms with Crippen LogP contribution in [0.1, 0.15) is 36.0 Å². The molecule has 0 bridgehead atoms. The molecule has 0 aromatic carbocycles. The van der Waals surface area contributed by atoms with E-state index in [1.165, 1.54) is 24.2 Å². The summed E-state index contributed by atoms with van der Waals surface area (Å²) in [6.45, 7) is 3.78. The summed E-state index contributed by atoms with van der Waals surface area (Å²) in [7, 11) is 1.78. The summed E-state index contributed by atoms with van der Waals surface area (Å²) in [6.07, 6.45) is 3.49. The number of nitrogens with one attached hydrogen (secondary N) is 1. The molecule has 1 heterocycles. The van der Waals surface area contributed by atoms with E-state index in [1.807, 2.05) is 4.90 Å². The summed E-state index contributed by atoms with van der Waals surface area (Å²) in [4.78, 5) is 14.1. The lowest BCUT2D eigenvalue weighted by molar-refractivity contribution is 0.0746. The molecule has 94 valence electrons. The Bertz CT molecular complexity index is 389. The van der Waals surface area contributed by atoms with Crippen molar-refractivity contribution in [2.45, 2.75) is 26.2 Å². The molecule has 0 spiro atoms. The van der Waals surface area contributed by atoms with E-state index >= 15 is 0 Å². The minimum atomic E-state index is 0.0257. The van der Waals surface area contributed by atoms with Gasteiger partial charge in [0.15, 0.2) is 0 Å². The van der Waals surface area contributed by atoms with Crippen LogP contribution in [-0.2, 0) is 0 Å². The van der Waals surface area contributed by atoms with Gasteiger partial charge in [-0.1, -0.05) is 18.3 Å². The van der Waals surface area contributed by atoms with E-state index in [4.69, 9.17) is 0 Å². The summed E-state index contributed by atoms with van der Waals surface area (Å²) >= 11 is 1.32. The SMILES string of the molecule is CCCN(CC1CC1)C(=O)c1nnc(NC)s1. The molecule has 1 aliphatic carbocycles. The number of rotatable bonds is 6. The Morgan fingerprint density at radius 1 is 1.53 bits per heavy atom. The number of amides is 1. The Kier molecular flexibility index (Phi) is 3.93. The number of aromatic nitrogens is 2. The molecule has 6 heteroatoms. The maximum atomic E-state index is 12.2. The van der Waals surface area contributed by atoms with Gasteiger partial charge in [-0.15, -0.1) is 10.2 Å². The molecule has 1 aromatic heterocycles. The van der Waals surface area contributed by atoms with E-state index in [9.17, 15) is 4.79 Å². The highest BCUT2D eigenvalue weighted by molar-refractivity contribution is 7.17. The van der Waals surface area contributed by atoms with Crippen LogP contribution in [0.4, 0.5) is 5.13 Å². The molecule has 1 N–H and O–H groups in total. The smallest absolute Gasteiger partial charge is 0.284 e. The van der Waals surface area contributed by atoms with Crippen molar-refractivity contribution in [3.05, 3.63) is 5.01 Å². The van der Waals surface area contributed by atoms with E-state index in [1.54, 1.807) is 7.05 Å². The fraction of sp³-hybridized carbons (Fsp3) is 0.727. The average molecular weight is 254 g/mol. The summed E-state index contributed by atoms with van der Waals surface area (Å²) < 4.78 is 0. The Hall–Kier alpha value is -1.17. The number of hydrogen-bond donors (Lipinski definition) is 1. The highest BCUT2D eigenvalue weighted by Gasteiger charge is 2.28. The molecule has 1 aromatic rings. The Balaban J connectivity index is 2.02. The molecular formula is C11H18N4OS. The van der Waals surface area contributed by atoms with Gasteiger partial charge < -0.3 is 10.2 Å². The van der Waals surface area contributed by atoms with E-state index in [0.717, 1.165) is 19.5 Å². The van der Waals surface area contributed by atoms with E-state index < -0.39 is 0 Å². The Labute approximate surface area is 105 Å². The van der Waals surface area contributed by atoms with Crippen LogP contribution in [0.2, 0.25) is 0 Å². The molecule has 1 saturated carbocycles. The van der Waals surface area contributed by atoms with Crippen LogP contribution in [-0.4, -0.2) is 41.1 Å². The van der Waals surface area contributed by atoms with E-state index in [0.29, 0.717) is 16.1 Å². The van der Waals surface area contributed by atoms with E-state index in [2.05, 4.69) is 22.4 Å². The maximum Gasteiger partial charge on any atom is 0.284 e. The van der Waals surface area contributed by atoms with Crippen LogP contribution in [0.5, 0.6) is 0 Å². The monoisotopic (exact) mass is 254 g/mol. The fourth-order valence-corrected chi connectivity index (χ4v) is 2.37. The van der Waals surface area contributed by atoms with Crippen molar-refractivity contribution in [3.8, 4) is 0 Å². The highest BCUT2D eigenvalue weighted by Crippen LogP contribution is 2.30. The van der Waals surface area contributed by atoms with Gasteiger partial charge >= 0.3 is 0 Å². The van der Waals surface area contributed by atoms with Gasteiger partial charge in [-0.05, 0) is 25.2 Å². The predicted octanol–water partition coefficient (Wildman–Crippen LogP) is 1.84. The Morgan fingerprint density at radius 2 is 2.29 bits per heavy atom. The largest absolute Gasteiger partial charge is 0.363 e. The van der Waals surface area contributed by atoms with Gasteiger partial charge in [-0.2, -0.15) is 0 Å². The second-order valence-electron chi connectivity index (χ2n) is 4.36. The lowest BCUT2D eigenvalue weighted by atomic mass is 10.3. The normalized spacial score (nSPS) is 14.7. The molecule has 1 fully saturated rings. The van der Waals surface area contributed by atoms with Crippen LogP contribution in [0.15, 0.2) is 0 Å². The van der Waals surface area contributed by atoms with Crippen LogP contribution in [0.25, 0.3) is 0 Å². The van der Waals surface area contributed by atoms with Crippen molar-refractivity contribution >= 4 is 22.4 Å². The van der Waals surface area contributed by atoms with Crippen molar-refractivity contribution in [3.63, 3.8) is 0 Å². The molecule has 0 atom stereocenters. The van der Waals surface area contributed by atoms with Crippen molar-refractivity contribution < 1.29 is 4.79 Å². The first-order valence-electron chi connectivity index (χ1n) is 6.05. The highest BCUT2D eigenvalue weighted by atomic mass is 32.1. The lowest BCUT2D eigenvalue weighted by Gasteiger charge is -2.20. The van der Waals surface area contributed by atoms with Gasteiger partial charge in [-0.25, -0.2) is 0 Å². The standard InChI is InChI=1S/C11H18N4OS/c1-3-6-15(7-8-4-5-8)10(16)9-13-14-11(12-2)17-9/h8H,3-7H2,1-2H3,(H,12,14). The minimum Gasteiger partial charge on any atom is -0.363 e. The van der Waals surface area contributed by atoms with Gasteiger partial charge in [0.25, 0.3) is 5.91 Å². The quantitative estimate of drug-likeness (QED) is 0.841. The second-order valence-corrected chi connectivity index (χ2v) is 5.33.